The number of benzene rings is 2. The Labute approximate surface area is 113 Å². The van der Waals surface area contributed by atoms with Gasteiger partial charge in [0, 0.05) is 12.2 Å². The lowest BCUT2D eigenvalue weighted by Crippen LogP contribution is -2.32. The maximum absolute atomic E-state index is 11.8. The van der Waals surface area contributed by atoms with E-state index in [9.17, 15) is 4.79 Å². The first-order valence-corrected chi connectivity index (χ1v) is 6.25. The van der Waals surface area contributed by atoms with E-state index in [1.165, 1.54) is 12.7 Å². The van der Waals surface area contributed by atoms with Crippen LogP contribution in [0.5, 0.6) is 0 Å². The summed E-state index contributed by atoms with van der Waals surface area (Å²) in [4.78, 5) is 13.5. The first-order chi connectivity index (χ1) is 9.31. The molecule has 0 bridgehead atoms. The zero-order chi connectivity index (χ0) is 13.5. The van der Waals surface area contributed by atoms with Gasteiger partial charge in [-0.05, 0) is 24.1 Å². The van der Waals surface area contributed by atoms with Crippen LogP contribution in [-0.4, -0.2) is 19.7 Å². The molecule has 2 aromatic rings. The number of rotatable bonds is 4. The predicted octanol–water partition coefficient (Wildman–Crippen LogP) is 3.50. The van der Waals surface area contributed by atoms with Crippen molar-refractivity contribution in [3.05, 3.63) is 66.2 Å². The summed E-state index contributed by atoms with van der Waals surface area (Å²) in [6.07, 6.45) is 0.465. The van der Waals surface area contributed by atoms with Gasteiger partial charge in [-0.25, -0.2) is 4.79 Å². The SMILES string of the molecule is COC(=O)N(CCc1ccccc1)c1ccccc1. The molecule has 0 aliphatic carbocycles. The molecule has 0 aromatic heterocycles. The highest BCUT2D eigenvalue weighted by atomic mass is 16.5. The average molecular weight is 255 g/mol. The first-order valence-electron chi connectivity index (χ1n) is 6.25. The van der Waals surface area contributed by atoms with E-state index in [0.717, 1.165) is 12.1 Å². The molecule has 0 unspecified atom stereocenters. The maximum atomic E-state index is 11.8. The summed E-state index contributed by atoms with van der Waals surface area (Å²) in [5.74, 6) is 0. The van der Waals surface area contributed by atoms with Crippen LogP contribution < -0.4 is 4.90 Å². The molecule has 0 radical (unpaired) electrons. The monoisotopic (exact) mass is 255 g/mol. The highest BCUT2D eigenvalue weighted by molar-refractivity contribution is 5.87. The molecular weight excluding hydrogens is 238 g/mol. The van der Waals surface area contributed by atoms with Crippen LogP contribution in [0.25, 0.3) is 0 Å². The molecule has 3 heteroatoms. The van der Waals surface area contributed by atoms with Crippen LogP contribution in [0.1, 0.15) is 5.56 Å². The van der Waals surface area contributed by atoms with Gasteiger partial charge in [0.05, 0.1) is 7.11 Å². The molecule has 0 spiro atoms. The molecule has 19 heavy (non-hydrogen) atoms. The van der Waals surface area contributed by atoms with Gasteiger partial charge in [0.2, 0.25) is 0 Å². The van der Waals surface area contributed by atoms with Crippen molar-refractivity contribution in [1.29, 1.82) is 0 Å². The second-order valence-electron chi connectivity index (χ2n) is 4.19. The highest BCUT2D eigenvalue weighted by Crippen LogP contribution is 2.15. The van der Waals surface area contributed by atoms with Gasteiger partial charge in [-0.2, -0.15) is 0 Å². The lowest BCUT2D eigenvalue weighted by molar-refractivity contribution is 0.178. The van der Waals surface area contributed by atoms with E-state index >= 15 is 0 Å². The Morgan fingerprint density at radius 1 is 1.00 bits per heavy atom. The maximum Gasteiger partial charge on any atom is 0.414 e. The van der Waals surface area contributed by atoms with Crippen molar-refractivity contribution in [2.24, 2.45) is 0 Å². The first kappa shape index (κ1) is 13.1. The molecule has 0 atom stereocenters. The summed E-state index contributed by atoms with van der Waals surface area (Å²) in [5, 5.41) is 0. The minimum absolute atomic E-state index is 0.331. The lowest BCUT2D eigenvalue weighted by Gasteiger charge is -2.21. The molecule has 0 saturated heterocycles. The summed E-state index contributed by atoms with van der Waals surface area (Å²) < 4.78 is 4.84. The number of anilines is 1. The van der Waals surface area contributed by atoms with Crippen LogP contribution >= 0.6 is 0 Å². The van der Waals surface area contributed by atoms with Gasteiger partial charge in [-0.15, -0.1) is 0 Å². The number of amides is 1. The average Bonchev–Trinajstić information content (AvgIpc) is 2.49. The zero-order valence-electron chi connectivity index (χ0n) is 11.0. The van der Waals surface area contributed by atoms with Crippen molar-refractivity contribution >= 4 is 11.8 Å². The number of nitrogens with zero attached hydrogens (tertiary/aromatic N) is 1. The molecule has 0 aliphatic rings. The van der Waals surface area contributed by atoms with Crippen LogP contribution in [-0.2, 0) is 11.2 Å². The van der Waals surface area contributed by atoms with E-state index in [1.807, 2.05) is 48.5 Å². The van der Waals surface area contributed by atoms with Gasteiger partial charge in [0.25, 0.3) is 0 Å². The number of methoxy groups -OCH3 is 1. The fourth-order valence-corrected chi connectivity index (χ4v) is 1.93. The number of para-hydroxylation sites is 1. The van der Waals surface area contributed by atoms with E-state index < -0.39 is 0 Å². The molecule has 0 saturated carbocycles. The van der Waals surface area contributed by atoms with E-state index in [2.05, 4.69) is 12.1 Å². The normalized spacial score (nSPS) is 9.95. The predicted molar refractivity (Wildman–Crippen MR) is 76.3 cm³/mol. The second kappa shape index (κ2) is 6.59. The van der Waals surface area contributed by atoms with Gasteiger partial charge in [-0.3, -0.25) is 4.90 Å². The van der Waals surface area contributed by atoms with Crippen molar-refractivity contribution in [3.8, 4) is 0 Å². The Hall–Kier alpha value is -2.29. The largest absolute Gasteiger partial charge is 0.452 e. The van der Waals surface area contributed by atoms with Crippen molar-refractivity contribution in [3.63, 3.8) is 0 Å². The minimum atomic E-state index is -0.331. The quantitative estimate of drug-likeness (QED) is 0.836. The van der Waals surface area contributed by atoms with Gasteiger partial charge in [0.15, 0.2) is 0 Å². The third-order valence-corrected chi connectivity index (χ3v) is 2.93. The molecule has 2 rings (SSSR count). The van der Waals surface area contributed by atoms with Crippen molar-refractivity contribution in [2.75, 3.05) is 18.6 Å². The highest BCUT2D eigenvalue weighted by Gasteiger charge is 2.15. The molecule has 2 aromatic carbocycles. The topological polar surface area (TPSA) is 29.5 Å². The molecule has 98 valence electrons. The minimum Gasteiger partial charge on any atom is -0.452 e. The molecule has 0 N–H and O–H groups in total. The second-order valence-corrected chi connectivity index (χ2v) is 4.19. The van der Waals surface area contributed by atoms with Crippen LogP contribution in [0.3, 0.4) is 0 Å². The Balaban J connectivity index is 2.09. The third kappa shape index (κ3) is 3.58. The van der Waals surface area contributed by atoms with E-state index in [-0.39, 0.29) is 6.09 Å². The van der Waals surface area contributed by atoms with Crippen LogP contribution in [0, 0.1) is 0 Å². The molecule has 3 nitrogen and oxygen atoms in total. The summed E-state index contributed by atoms with van der Waals surface area (Å²) in [5.41, 5.74) is 2.05. The van der Waals surface area contributed by atoms with Crippen molar-refractivity contribution in [1.82, 2.24) is 0 Å². The Morgan fingerprint density at radius 3 is 2.16 bits per heavy atom. The van der Waals surface area contributed by atoms with Crippen LogP contribution in [0.4, 0.5) is 10.5 Å². The molecule has 0 heterocycles. The molecule has 1 amide bonds. The number of hydrogen-bond donors (Lipinski definition) is 0. The standard InChI is InChI=1S/C16H17NO2/c1-19-16(18)17(15-10-6-3-7-11-15)13-12-14-8-4-2-5-9-14/h2-11H,12-13H2,1H3. The summed E-state index contributed by atoms with van der Waals surface area (Å²) in [6.45, 7) is 0.598. The van der Waals surface area contributed by atoms with Crippen molar-refractivity contribution in [2.45, 2.75) is 6.42 Å². The lowest BCUT2D eigenvalue weighted by atomic mass is 10.1. The fourth-order valence-electron chi connectivity index (χ4n) is 1.93. The Kier molecular flexibility index (Phi) is 4.56. The van der Waals surface area contributed by atoms with E-state index in [0.29, 0.717) is 6.54 Å². The number of carbonyl (C=O) groups is 1. The van der Waals surface area contributed by atoms with Crippen LogP contribution in [0.2, 0.25) is 0 Å². The summed E-state index contributed by atoms with van der Waals surface area (Å²) in [7, 11) is 1.40. The van der Waals surface area contributed by atoms with E-state index in [1.54, 1.807) is 4.90 Å². The molecule has 0 aliphatic heterocycles. The van der Waals surface area contributed by atoms with E-state index in [4.69, 9.17) is 4.74 Å². The van der Waals surface area contributed by atoms with Gasteiger partial charge in [-0.1, -0.05) is 48.5 Å². The molecular formula is C16H17NO2. The van der Waals surface area contributed by atoms with Crippen molar-refractivity contribution < 1.29 is 9.53 Å². The van der Waals surface area contributed by atoms with Gasteiger partial charge in [0.1, 0.15) is 0 Å². The Bertz CT molecular complexity index is 511. The smallest absolute Gasteiger partial charge is 0.414 e. The number of hydrogen-bond acceptors (Lipinski definition) is 2. The zero-order valence-corrected chi connectivity index (χ0v) is 11.0. The number of carbonyl (C=O) groups excluding carboxylic acids is 1. The third-order valence-electron chi connectivity index (χ3n) is 2.93. The fraction of sp³-hybridized carbons (Fsp3) is 0.188. The Morgan fingerprint density at radius 2 is 1.58 bits per heavy atom. The van der Waals surface area contributed by atoms with Gasteiger partial charge >= 0.3 is 6.09 Å². The summed E-state index contributed by atoms with van der Waals surface area (Å²) in [6, 6.07) is 19.7. The number of ether oxygens (including phenoxy) is 1. The summed E-state index contributed by atoms with van der Waals surface area (Å²) >= 11 is 0. The van der Waals surface area contributed by atoms with Gasteiger partial charge < -0.3 is 4.74 Å². The molecule has 0 fully saturated rings. The van der Waals surface area contributed by atoms with Crippen LogP contribution in [0.15, 0.2) is 60.7 Å².